The van der Waals surface area contributed by atoms with Gasteiger partial charge in [-0.2, -0.15) is 12.6 Å². The van der Waals surface area contributed by atoms with Gasteiger partial charge in [0.2, 0.25) is 0 Å². The minimum absolute atomic E-state index is 0.270. The summed E-state index contributed by atoms with van der Waals surface area (Å²) in [6, 6.07) is 11.2. The first kappa shape index (κ1) is 13.5. The van der Waals surface area contributed by atoms with Gasteiger partial charge in [0, 0.05) is 12.1 Å². The monoisotopic (exact) mass is 275 g/mol. The zero-order valence-electron chi connectivity index (χ0n) is 11.7. The number of thiol groups is 1. The molecule has 2 heteroatoms. The molecule has 2 fully saturated rings. The van der Waals surface area contributed by atoms with Crippen LogP contribution in [0.2, 0.25) is 0 Å². The summed E-state index contributed by atoms with van der Waals surface area (Å²) in [6.45, 7) is 1.23. The van der Waals surface area contributed by atoms with E-state index in [4.69, 9.17) is 12.6 Å². The molecule has 1 heterocycles. The standard InChI is InChI=1S/C17H25NS/c19-16-11-5-8-14-18(16)17(12-6-2-7-13-17)15-9-3-1-4-10-15/h1,3-4,9-10,16,19H,2,5-8,11-14H2. The van der Waals surface area contributed by atoms with Crippen LogP contribution in [0.25, 0.3) is 0 Å². The van der Waals surface area contributed by atoms with E-state index in [2.05, 4.69) is 35.2 Å². The van der Waals surface area contributed by atoms with Gasteiger partial charge in [-0.05, 0) is 37.7 Å². The van der Waals surface area contributed by atoms with Gasteiger partial charge in [0.15, 0.2) is 0 Å². The van der Waals surface area contributed by atoms with E-state index in [0.717, 1.165) is 0 Å². The van der Waals surface area contributed by atoms with Crippen molar-refractivity contribution in [2.24, 2.45) is 0 Å². The van der Waals surface area contributed by atoms with Crippen molar-refractivity contribution < 1.29 is 0 Å². The molecule has 3 rings (SSSR count). The van der Waals surface area contributed by atoms with Gasteiger partial charge in [0.25, 0.3) is 0 Å². The van der Waals surface area contributed by atoms with E-state index in [-0.39, 0.29) is 5.54 Å². The third-order valence-corrected chi connectivity index (χ3v) is 5.55. The van der Waals surface area contributed by atoms with Crippen molar-refractivity contribution >= 4 is 12.6 Å². The molecule has 104 valence electrons. The second-order valence-corrected chi connectivity index (χ2v) is 6.72. The smallest absolute Gasteiger partial charge is 0.0535 e. The van der Waals surface area contributed by atoms with Gasteiger partial charge in [0.1, 0.15) is 0 Å². The van der Waals surface area contributed by atoms with Crippen LogP contribution in [0.1, 0.15) is 56.9 Å². The number of hydrogen-bond donors (Lipinski definition) is 1. The third-order valence-electron chi connectivity index (χ3n) is 5.01. The Morgan fingerprint density at radius 1 is 0.947 bits per heavy atom. The Kier molecular flexibility index (Phi) is 4.18. The highest BCUT2D eigenvalue weighted by Gasteiger charge is 2.42. The molecule has 1 aromatic rings. The molecule has 2 aliphatic rings. The van der Waals surface area contributed by atoms with Crippen LogP contribution in [-0.4, -0.2) is 16.8 Å². The maximum absolute atomic E-state index is 4.90. The summed E-state index contributed by atoms with van der Waals surface area (Å²) < 4.78 is 0. The topological polar surface area (TPSA) is 3.24 Å². The maximum atomic E-state index is 4.90. The summed E-state index contributed by atoms with van der Waals surface area (Å²) in [5.74, 6) is 0. The van der Waals surface area contributed by atoms with Crippen LogP contribution >= 0.6 is 12.6 Å². The SMILES string of the molecule is SC1CCCCN1C1(c2ccccc2)CCCCC1. The highest BCUT2D eigenvalue weighted by molar-refractivity contribution is 7.80. The van der Waals surface area contributed by atoms with Gasteiger partial charge >= 0.3 is 0 Å². The van der Waals surface area contributed by atoms with E-state index in [1.54, 1.807) is 0 Å². The number of hydrogen-bond acceptors (Lipinski definition) is 2. The van der Waals surface area contributed by atoms with Crippen LogP contribution < -0.4 is 0 Å². The quantitative estimate of drug-likeness (QED) is 0.773. The summed E-state index contributed by atoms with van der Waals surface area (Å²) in [5, 5.41) is 0.451. The van der Waals surface area contributed by atoms with Crippen LogP contribution in [0.3, 0.4) is 0 Å². The van der Waals surface area contributed by atoms with Crippen molar-refractivity contribution in [3.05, 3.63) is 35.9 Å². The molecule has 0 N–H and O–H groups in total. The first-order valence-electron chi connectivity index (χ1n) is 7.83. The molecular weight excluding hydrogens is 250 g/mol. The number of rotatable bonds is 2. The van der Waals surface area contributed by atoms with Crippen LogP contribution in [0, 0.1) is 0 Å². The van der Waals surface area contributed by atoms with E-state index < -0.39 is 0 Å². The molecule has 1 aromatic carbocycles. The normalized spacial score (nSPS) is 28.2. The highest BCUT2D eigenvalue weighted by atomic mass is 32.1. The van der Waals surface area contributed by atoms with E-state index in [0.29, 0.717) is 5.37 Å². The fraction of sp³-hybridized carbons (Fsp3) is 0.647. The van der Waals surface area contributed by atoms with Crippen LogP contribution in [0.15, 0.2) is 30.3 Å². The van der Waals surface area contributed by atoms with Crippen LogP contribution in [0.4, 0.5) is 0 Å². The molecule has 1 aliphatic carbocycles. The molecule has 0 aromatic heterocycles. The molecule has 1 aliphatic heterocycles. The lowest BCUT2D eigenvalue weighted by atomic mass is 9.74. The number of benzene rings is 1. The number of piperidine rings is 1. The number of likely N-dealkylation sites (tertiary alicyclic amines) is 1. The second-order valence-electron chi connectivity index (χ2n) is 6.13. The molecule has 1 nitrogen and oxygen atoms in total. The van der Waals surface area contributed by atoms with Crippen LogP contribution in [0.5, 0.6) is 0 Å². The molecule has 0 bridgehead atoms. The summed E-state index contributed by atoms with van der Waals surface area (Å²) in [6.07, 6.45) is 10.7. The molecular formula is C17H25NS. The lowest BCUT2D eigenvalue weighted by Crippen LogP contribution is -2.52. The average Bonchev–Trinajstić information content (AvgIpc) is 2.49. The maximum Gasteiger partial charge on any atom is 0.0535 e. The molecule has 0 amide bonds. The Bertz CT molecular complexity index is 397. The van der Waals surface area contributed by atoms with E-state index >= 15 is 0 Å². The highest BCUT2D eigenvalue weighted by Crippen LogP contribution is 2.45. The predicted octanol–water partition coefficient (Wildman–Crippen LogP) is 4.59. The van der Waals surface area contributed by atoms with Crippen molar-refractivity contribution in [3.63, 3.8) is 0 Å². The van der Waals surface area contributed by atoms with Gasteiger partial charge < -0.3 is 0 Å². The van der Waals surface area contributed by atoms with Gasteiger partial charge in [0.05, 0.1) is 5.37 Å². The molecule has 1 atom stereocenters. The van der Waals surface area contributed by atoms with E-state index in [9.17, 15) is 0 Å². The van der Waals surface area contributed by atoms with Gasteiger partial charge in [-0.25, -0.2) is 0 Å². The minimum atomic E-state index is 0.270. The van der Waals surface area contributed by atoms with Crippen molar-refractivity contribution in [1.82, 2.24) is 4.90 Å². The Morgan fingerprint density at radius 2 is 1.68 bits per heavy atom. The van der Waals surface area contributed by atoms with Crippen molar-refractivity contribution in [2.75, 3.05) is 6.54 Å². The number of nitrogens with zero attached hydrogens (tertiary/aromatic N) is 1. The molecule has 1 saturated carbocycles. The van der Waals surface area contributed by atoms with E-state index in [1.807, 2.05) is 0 Å². The van der Waals surface area contributed by atoms with Crippen molar-refractivity contribution in [1.29, 1.82) is 0 Å². The summed E-state index contributed by atoms with van der Waals surface area (Å²) in [5.41, 5.74) is 1.79. The first-order chi connectivity index (χ1) is 9.33. The first-order valence-corrected chi connectivity index (χ1v) is 8.35. The predicted molar refractivity (Wildman–Crippen MR) is 84.5 cm³/mol. The van der Waals surface area contributed by atoms with Gasteiger partial charge in [-0.15, -0.1) is 0 Å². The zero-order valence-corrected chi connectivity index (χ0v) is 12.6. The molecule has 19 heavy (non-hydrogen) atoms. The van der Waals surface area contributed by atoms with Gasteiger partial charge in [-0.3, -0.25) is 4.90 Å². The lowest BCUT2D eigenvalue weighted by Gasteiger charge is -2.51. The molecule has 0 radical (unpaired) electrons. The molecule has 1 saturated heterocycles. The molecule has 1 unspecified atom stereocenters. The molecule has 0 spiro atoms. The summed E-state index contributed by atoms with van der Waals surface area (Å²) in [4.78, 5) is 2.72. The van der Waals surface area contributed by atoms with Crippen molar-refractivity contribution in [3.8, 4) is 0 Å². The third kappa shape index (κ3) is 2.57. The average molecular weight is 275 g/mol. The Hall–Kier alpha value is -0.470. The fourth-order valence-corrected chi connectivity index (χ4v) is 4.56. The summed E-state index contributed by atoms with van der Waals surface area (Å²) in [7, 11) is 0. The lowest BCUT2D eigenvalue weighted by molar-refractivity contribution is 0.0187. The Morgan fingerprint density at radius 3 is 2.37 bits per heavy atom. The van der Waals surface area contributed by atoms with Gasteiger partial charge in [-0.1, -0.05) is 49.6 Å². The largest absolute Gasteiger partial charge is 0.282 e. The van der Waals surface area contributed by atoms with Crippen LogP contribution in [-0.2, 0) is 5.54 Å². The fourth-order valence-electron chi connectivity index (χ4n) is 4.04. The Labute approximate surface area is 122 Å². The Balaban J connectivity index is 1.96. The minimum Gasteiger partial charge on any atom is -0.282 e. The van der Waals surface area contributed by atoms with E-state index in [1.165, 1.54) is 63.5 Å². The van der Waals surface area contributed by atoms with Crippen molar-refractivity contribution in [2.45, 2.75) is 62.3 Å². The zero-order chi connectivity index (χ0) is 13.1. The second kappa shape index (κ2) is 5.88. The summed E-state index contributed by atoms with van der Waals surface area (Å²) >= 11 is 4.90.